The summed E-state index contributed by atoms with van der Waals surface area (Å²) in [5, 5.41) is 3.97. The highest BCUT2D eigenvalue weighted by atomic mass is 19.4. The number of nitrogens with two attached hydrogens (primary N) is 1. The van der Waals surface area contributed by atoms with Crippen molar-refractivity contribution in [2.45, 2.75) is 6.18 Å². The first kappa shape index (κ1) is 11.4. The number of anilines is 1. The molecule has 0 spiro atoms. The summed E-state index contributed by atoms with van der Waals surface area (Å²) in [7, 11) is 1.66. The Bertz CT molecular complexity index is 545. The molecule has 0 fully saturated rings. The number of halogens is 3. The molecule has 0 aromatic carbocycles. The van der Waals surface area contributed by atoms with Crippen molar-refractivity contribution in [3.63, 3.8) is 0 Å². The fraction of sp³-hybridized carbons (Fsp3) is 0.200. The van der Waals surface area contributed by atoms with Crippen LogP contribution in [0.1, 0.15) is 5.69 Å². The number of nitrogen functional groups attached to an aromatic ring is 1. The summed E-state index contributed by atoms with van der Waals surface area (Å²) in [6.07, 6.45) is -2.88. The molecule has 0 saturated carbocycles. The van der Waals surface area contributed by atoms with Gasteiger partial charge in [0.05, 0.1) is 5.69 Å². The Balaban J connectivity index is 2.54. The molecule has 90 valence electrons. The van der Waals surface area contributed by atoms with E-state index in [1.54, 1.807) is 19.3 Å². The van der Waals surface area contributed by atoms with Crippen molar-refractivity contribution >= 4 is 5.69 Å². The molecule has 7 heteroatoms. The molecule has 0 unspecified atom stereocenters. The van der Waals surface area contributed by atoms with Gasteiger partial charge in [0.1, 0.15) is 17.1 Å². The van der Waals surface area contributed by atoms with E-state index in [9.17, 15) is 13.2 Å². The number of rotatable bonds is 1. The van der Waals surface area contributed by atoms with Gasteiger partial charge in [-0.3, -0.25) is 4.68 Å². The summed E-state index contributed by atoms with van der Waals surface area (Å²) >= 11 is 0. The maximum absolute atomic E-state index is 12.5. The molecule has 0 aliphatic heterocycles. The van der Waals surface area contributed by atoms with E-state index in [2.05, 4.69) is 10.1 Å². The van der Waals surface area contributed by atoms with Gasteiger partial charge in [0.25, 0.3) is 0 Å². The lowest BCUT2D eigenvalue weighted by Crippen LogP contribution is -2.09. The third-order valence-electron chi connectivity index (χ3n) is 2.17. The topological polar surface area (TPSA) is 56.7 Å². The highest BCUT2D eigenvalue weighted by Crippen LogP contribution is 2.31. The monoisotopic (exact) mass is 242 g/mol. The van der Waals surface area contributed by atoms with E-state index in [1.807, 2.05) is 0 Å². The third-order valence-corrected chi connectivity index (χ3v) is 2.17. The summed E-state index contributed by atoms with van der Waals surface area (Å²) in [6, 6.07) is 3.58. The minimum atomic E-state index is -4.49. The SMILES string of the molecule is Cn1ccc(-c2nc(C(F)(F)F)ccc2N)n1. The molecule has 2 heterocycles. The molecule has 4 nitrogen and oxygen atoms in total. The Morgan fingerprint density at radius 2 is 1.94 bits per heavy atom. The second-order valence-corrected chi connectivity index (χ2v) is 3.51. The first-order valence-electron chi connectivity index (χ1n) is 4.71. The lowest BCUT2D eigenvalue weighted by atomic mass is 10.2. The number of pyridine rings is 1. The number of alkyl halides is 3. The standard InChI is InChI=1S/C10H9F3N4/c1-17-5-4-7(16-17)9-6(14)2-3-8(15-9)10(11,12)13/h2-5H,14H2,1H3. The molecular formula is C10H9F3N4. The van der Waals surface area contributed by atoms with Gasteiger partial charge in [-0.1, -0.05) is 0 Å². The van der Waals surface area contributed by atoms with E-state index >= 15 is 0 Å². The second-order valence-electron chi connectivity index (χ2n) is 3.51. The minimum Gasteiger partial charge on any atom is -0.397 e. The molecule has 0 radical (unpaired) electrons. The number of hydrogen-bond acceptors (Lipinski definition) is 3. The van der Waals surface area contributed by atoms with Crippen molar-refractivity contribution in [2.75, 3.05) is 5.73 Å². The number of aryl methyl sites for hydroxylation is 1. The van der Waals surface area contributed by atoms with Crippen LogP contribution in [0.25, 0.3) is 11.4 Å². The van der Waals surface area contributed by atoms with E-state index in [1.165, 1.54) is 10.7 Å². The fourth-order valence-electron chi connectivity index (χ4n) is 1.37. The van der Waals surface area contributed by atoms with Crippen LogP contribution in [-0.4, -0.2) is 14.8 Å². The molecule has 0 aliphatic rings. The zero-order chi connectivity index (χ0) is 12.6. The third kappa shape index (κ3) is 2.22. The van der Waals surface area contributed by atoms with Crippen LogP contribution >= 0.6 is 0 Å². The summed E-state index contributed by atoms with van der Waals surface area (Å²) in [5.41, 5.74) is 5.14. The molecule has 2 N–H and O–H groups in total. The maximum Gasteiger partial charge on any atom is 0.433 e. The van der Waals surface area contributed by atoms with Gasteiger partial charge in [0.15, 0.2) is 0 Å². The molecular weight excluding hydrogens is 233 g/mol. The molecule has 0 aliphatic carbocycles. The van der Waals surface area contributed by atoms with Crippen LogP contribution in [0.4, 0.5) is 18.9 Å². The number of nitrogens with zero attached hydrogens (tertiary/aromatic N) is 3. The van der Waals surface area contributed by atoms with Crippen LogP contribution in [0.3, 0.4) is 0 Å². The Morgan fingerprint density at radius 3 is 2.47 bits per heavy atom. The quantitative estimate of drug-likeness (QED) is 0.832. The Hall–Kier alpha value is -2.05. The van der Waals surface area contributed by atoms with Gasteiger partial charge in [-0.15, -0.1) is 0 Å². The second kappa shape index (κ2) is 3.76. The molecule has 2 aromatic heterocycles. The highest BCUT2D eigenvalue weighted by Gasteiger charge is 2.33. The Labute approximate surface area is 94.9 Å². The van der Waals surface area contributed by atoms with Crippen molar-refractivity contribution in [1.82, 2.24) is 14.8 Å². The highest BCUT2D eigenvalue weighted by molar-refractivity contribution is 5.69. The van der Waals surface area contributed by atoms with Crippen LogP contribution < -0.4 is 5.73 Å². The molecule has 0 bridgehead atoms. The van der Waals surface area contributed by atoms with Gasteiger partial charge >= 0.3 is 6.18 Å². The van der Waals surface area contributed by atoms with E-state index in [0.29, 0.717) is 5.69 Å². The van der Waals surface area contributed by atoms with Crippen molar-refractivity contribution in [3.8, 4) is 11.4 Å². The molecule has 2 aromatic rings. The summed E-state index contributed by atoms with van der Waals surface area (Å²) in [4.78, 5) is 3.50. The van der Waals surface area contributed by atoms with Crippen LogP contribution in [0.15, 0.2) is 24.4 Å². The Morgan fingerprint density at radius 1 is 1.24 bits per heavy atom. The summed E-state index contributed by atoms with van der Waals surface area (Å²) < 4.78 is 38.9. The molecule has 2 rings (SSSR count). The minimum absolute atomic E-state index is 0.0421. The first-order chi connectivity index (χ1) is 7.88. The van der Waals surface area contributed by atoms with Gasteiger partial charge in [-0.05, 0) is 18.2 Å². The zero-order valence-corrected chi connectivity index (χ0v) is 8.86. The van der Waals surface area contributed by atoms with Gasteiger partial charge in [-0.2, -0.15) is 18.3 Å². The molecule has 0 atom stereocenters. The average molecular weight is 242 g/mol. The van der Waals surface area contributed by atoms with E-state index in [-0.39, 0.29) is 11.4 Å². The number of aromatic nitrogens is 3. The maximum atomic E-state index is 12.5. The largest absolute Gasteiger partial charge is 0.433 e. The van der Waals surface area contributed by atoms with Gasteiger partial charge in [0.2, 0.25) is 0 Å². The summed E-state index contributed by atoms with van der Waals surface area (Å²) in [5.74, 6) is 0. The van der Waals surface area contributed by atoms with E-state index in [4.69, 9.17) is 5.73 Å². The predicted molar refractivity (Wildman–Crippen MR) is 55.9 cm³/mol. The van der Waals surface area contributed by atoms with Crippen molar-refractivity contribution < 1.29 is 13.2 Å². The zero-order valence-electron chi connectivity index (χ0n) is 8.86. The number of hydrogen-bond donors (Lipinski definition) is 1. The average Bonchev–Trinajstić information content (AvgIpc) is 2.63. The van der Waals surface area contributed by atoms with Gasteiger partial charge in [0, 0.05) is 13.2 Å². The van der Waals surface area contributed by atoms with Crippen LogP contribution in [0.2, 0.25) is 0 Å². The lowest BCUT2D eigenvalue weighted by Gasteiger charge is -2.08. The smallest absolute Gasteiger partial charge is 0.397 e. The van der Waals surface area contributed by atoms with Gasteiger partial charge in [-0.25, -0.2) is 4.98 Å². The summed E-state index contributed by atoms with van der Waals surface area (Å²) in [6.45, 7) is 0. The first-order valence-corrected chi connectivity index (χ1v) is 4.71. The Kier molecular flexibility index (Phi) is 2.53. The van der Waals surface area contributed by atoms with Crippen molar-refractivity contribution in [1.29, 1.82) is 0 Å². The van der Waals surface area contributed by atoms with Gasteiger partial charge < -0.3 is 5.73 Å². The van der Waals surface area contributed by atoms with Crippen molar-refractivity contribution in [3.05, 3.63) is 30.1 Å². The molecule has 17 heavy (non-hydrogen) atoms. The van der Waals surface area contributed by atoms with Crippen LogP contribution in [-0.2, 0) is 13.2 Å². The fourth-order valence-corrected chi connectivity index (χ4v) is 1.37. The molecule has 0 saturated heterocycles. The van der Waals surface area contributed by atoms with Crippen LogP contribution in [0.5, 0.6) is 0 Å². The van der Waals surface area contributed by atoms with Crippen LogP contribution in [0, 0.1) is 0 Å². The molecule has 0 amide bonds. The van der Waals surface area contributed by atoms with Crippen molar-refractivity contribution in [2.24, 2.45) is 7.05 Å². The normalized spacial score (nSPS) is 11.8. The van der Waals surface area contributed by atoms with E-state index in [0.717, 1.165) is 6.07 Å². The lowest BCUT2D eigenvalue weighted by molar-refractivity contribution is -0.141. The van der Waals surface area contributed by atoms with E-state index < -0.39 is 11.9 Å². The predicted octanol–water partition coefficient (Wildman–Crippen LogP) is 2.08.